The largest absolute Gasteiger partial charge is 0.369 e. The summed E-state index contributed by atoms with van der Waals surface area (Å²) in [5.41, 5.74) is 4.55. The van der Waals surface area contributed by atoms with Crippen molar-refractivity contribution in [2.45, 2.75) is 32.7 Å². The number of nitrogens with two attached hydrogens (primary N) is 1. The second-order valence-corrected chi connectivity index (χ2v) is 3.99. The number of rotatable bonds is 6. The van der Waals surface area contributed by atoms with Crippen molar-refractivity contribution >= 4 is 17.5 Å². The van der Waals surface area contributed by atoms with E-state index in [4.69, 9.17) is 5.73 Å². The Morgan fingerprint density at radius 1 is 1.41 bits per heavy atom. The molecule has 0 radical (unpaired) electrons. The zero-order valence-corrected chi connectivity index (χ0v) is 10.4. The third-order valence-corrected chi connectivity index (χ3v) is 2.65. The molecular weight excluding hydrogens is 218 g/mol. The molecule has 17 heavy (non-hydrogen) atoms. The van der Waals surface area contributed by atoms with E-state index < -0.39 is 11.4 Å². The Morgan fingerprint density at radius 2 is 2.06 bits per heavy atom. The van der Waals surface area contributed by atoms with Crippen LogP contribution < -0.4 is 16.4 Å². The molecule has 0 spiro atoms. The first-order valence-electron chi connectivity index (χ1n) is 5.66. The number of primary amides is 1. The molecule has 94 valence electrons. The average molecular weight is 237 g/mol. The number of carbonyl (C=O) groups excluding carboxylic acids is 1. The Hall–Kier alpha value is -1.85. The van der Waals surface area contributed by atoms with Crippen molar-refractivity contribution in [1.29, 1.82) is 0 Å². The van der Waals surface area contributed by atoms with E-state index in [9.17, 15) is 4.79 Å². The Kier molecular flexibility index (Phi) is 4.25. The normalized spacial score (nSPS) is 13.8. The molecular formula is C11H19N5O. The first-order chi connectivity index (χ1) is 8.01. The van der Waals surface area contributed by atoms with Crippen LogP contribution in [0.15, 0.2) is 12.4 Å². The van der Waals surface area contributed by atoms with Crippen LogP contribution in [0.2, 0.25) is 0 Å². The summed E-state index contributed by atoms with van der Waals surface area (Å²) < 4.78 is 0. The number of nitrogens with one attached hydrogen (secondary N) is 2. The molecule has 6 nitrogen and oxygen atoms in total. The molecule has 1 aromatic heterocycles. The summed E-state index contributed by atoms with van der Waals surface area (Å²) in [6.45, 7) is 6.37. The molecule has 0 bridgehead atoms. The highest BCUT2D eigenvalue weighted by atomic mass is 16.1. The zero-order valence-electron chi connectivity index (χ0n) is 10.4. The first-order valence-corrected chi connectivity index (χ1v) is 5.66. The lowest BCUT2D eigenvalue weighted by atomic mass is 9.98. The van der Waals surface area contributed by atoms with Gasteiger partial charge >= 0.3 is 0 Å². The maximum Gasteiger partial charge on any atom is 0.242 e. The molecule has 1 amide bonds. The van der Waals surface area contributed by atoms with Crippen LogP contribution in [0.1, 0.15) is 27.2 Å². The first kappa shape index (κ1) is 13.2. The number of nitrogens with zero attached hydrogens (tertiary/aromatic N) is 2. The van der Waals surface area contributed by atoms with Gasteiger partial charge in [-0.3, -0.25) is 9.78 Å². The molecule has 0 fully saturated rings. The van der Waals surface area contributed by atoms with Gasteiger partial charge in [-0.1, -0.05) is 6.92 Å². The summed E-state index contributed by atoms with van der Waals surface area (Å²) in [6.07, 6.45) is 3.77. The third-order valence-electron chi connectivity index (χ3n) is 2.65. The number of amides is 1. The number of hydrogen-bond acceptors (Lipinski definition) is 5. The molecule has 4 N–H and O–H groups in total. The molecule has 1 unspecified atom stereocenters. The summed E-state index contributed by atoms with van der Waals surface area (Å²) in [5, 5.41) is 6.07. The highest BCUT2D eigenvalue weighted by Gasteiger charge is 2.29. The Labute approximate surface area is 101 Å². The van der Waals surface area contributed by atoms with Crippen molar-refractivity contribution in [3.05, 3.63) is 12.4 Å². The zero-order chi connectivity index (χ0) is 12.9. The predicted octanol–water partition coefficient (Wildman–Crippen LogP) is 0.974. The summed E-state index contributed by atoms with van der Waals surface area (Å²) >= 11 is 0. The van der Waals surface area contributed by atoms with Gasteiger partial charge in [-0.15, -0.1) is 0 Å². The van der Waals surface area contributed by atoms with Crippen molar-refractivity contribution in [3.63, 3.8) is 0 Å². The molecule has 0 aliphatic rings. The Balaban J connectivity index is 2.86. The maximum atomic E-state index is 11.4. The predicted molar refractivity (Wildman–Crippen MR) is 67.7 cm³/mol. The molecule has 0 saturated carbocycles. The molecule has 1 rings (SSSR count). The van der Waals surface area contributed by atoms with Gasteiger partial charge in [-0.2, -0.15) is 0 Å². The van der Waals surface area contributed by atoms with Crippen molar-refractivity contribution in [1.82, 2.24) is 9.97 Å². The van der Waals surface area contributed by atoms with Gasteiger partial charge in [0.15, 0.2) is 0 Å². The number of anilines is 2. The smallest absolute Gasteiger partial charge is 0.242 e. The minimum atomic E-state index is -0.806. The van der Waals surface area contributed by atoms with E-state index in [-0.39, 0.29) is 0 Å². The highest BCUT2D eigenvalue weighted by molar-refractivity contribution is 5.87. The standard InChI is InChI=1S/C11H19N5O/c1-4-11(3,10(12)17)16-9-7-13-6-8(15-9)14-5-2/h6-7H,4-5H2,1-3H3,(H2,12,17)(H2,14,15,16). The summed E-state index contributed by atoms with van der Waals surface area (Å²) in [6, 6.07) is 0. The fourth-order valence-corrected chi connectivity index (χ4v) is 1.30. The minimum Gasteiger partial charge on any atom is -0.369 e. The molecule has 6 heteroatoms. The van der Waals surface area contributed by atoms with E-state index in [0.29, 0.717) is 18.1 Å². The van der Waals surface area contributed by atoms with Crippen molar-refractivity contribution < 1.29 is 4.79 Å². The number of hydrogen-bond donors (Lipinski definition) is 3. The van der Waals surface area contributed by atoms with Crippen molar-refractivity contribution in [2.75, 3.05) is 17.2 Å². The lowest BCUT2D eigenvalue weighted by Gasteiger charge is -2.26. The quantitative estimate of drug-likeness (QED) is 0.685. The van der Waals surface area contributed by atoms with Gasteiger partial charge in [0.05, 0.1) is 12.4 Å². The lowest BCUT2D eigenvalue weighted by Crippen LogP contribution is -2.47. The van der Waals surface area contributed by atoms with Crippen LogP contribution >= 0.6 is 0 Å². The van der Waals surface area contributed by atoms with Gasteiger partial charge in [-0.05, 0) is 20.3 Å². The average Bonchev–Trinajstić information content (AvgIpc) is 2.29. The second-order valence-electron chi connectivity index (χ2n) is 3.99. The van der Waals surface area contributed by atoms with E-state index in [2.05, 4.69) is 20.6 Å². The SMILES string of the molecule is CCNc1cncc(NC(C)(CC)C(N)=O)n1. The van der Waals surface area contributed by atoms with Gasteiger partial charge in [-0.25, -0.2) is 4.98 Å². The van der Waals surface area contributed by atoms with Crippen LogP contribution in [-0.4, -0.2) is 28.0 Å². The summed E-state index contributed by atoms with van der Waals surface area (Å²) in [5.74, 6) is 0.794. The summed E-state index contributed by atoms with van der Waals surface area (Å²) in [4.78, 5) is 19.7. The second kappa shape index (κ2) is 5.47. The number of carbonyl (C=O) groups is 1. The van der Waals surface area contributed by atoms with E-state index in [1.807, 2.05) is 13.8 Å². The lowest BCUT2D eigenvalue weighted by molar-refractivity contribution is -0.121. The highest BCUT2D eigenvalue weighted by Crippen LogP contribution is 2.16. The van der Waals surface area contributed by atoms with Crippen molar-refractivity contribution in [3.8, 4) is 0 Å². The topological polar surface area (TPSA) is 92.9 Å². The molecule has 0 saturated heterocycles. The molecule has 1 aromatic rings. The van der Waals surface area contributed by atoms with Gasteiger partial charge in [0.25, 0.3) is 0 Å². The van der Waals surface area contributed by atoms with Crippen LogP contribution in [0.4, 0.5) is 11.6 Å². The van der Waals surface area contributed by atoms with Crippen LogP contribution in [0.25, 0.3) is 0 Å². The van der Waals surface area contributed by atoms with Crippen molar-refractivity contribution in [2.24, 2.45) is 5.73 Å². The Bertz CT molecular complexity index is 395. The van der Waals surface area contributed by atoms with Gasteiger partial charge in [0.2, 0.25) is 5.91 Å². The van der Waals surface area contributed by atoms with E-state index in [1.54, 1.807) is 19.3 Å². The van der Waals surface area contributed by atoms with Crippen LogP contribution in [-0.2, 0) is 4.79 Å². The summed E-state index contributed by atoms with van der Waals surface area (Å²) in [7, 11) is 0. The van der Waals surface area contributed by atoms with E-state index in [0.717, 1.165) is 6.54 Å². The maximum absolute atomic E-state index is 11.4. The molecule has 1 heterocycles. The monoisotopic (exact) mass is 237 g/mol. The van der Waals surface area contributed by atoms with Crippen LogP contribution in [0, 0.1) is 0 Å². The fraction of sp³-hybridized carbons (Fsp3) is 0.545. The molecule has 0 aromatic carbocycles. The third kappa shape index (κ3) is 3.30. The Morgan fingerprint density at radius 3 is 2.59 bits per heavy atom. The van der Waals surface area contributed by atoms with Gasteiger partial charge < -0.3 is 16.4 Å². The minimum absolute atomic E-state index is 0.407. The molecule has 0 aliphatic carbocycles. The van der Waals surface area contributed by atoms with Gasteiger partial charge in [0, 0.05) is 6.54 Å². The van der Waals surface area contributed by atoms with Gasteiger partial charge in [0.1, 0.15) is 17.2 Å². The molecule has 0 aliphatic heterocycles. The van der Waals surface area contributed by atoms with E-state index in [1.165, 1.54) is 0 Å². The number of aromatic nitrogens is 2. The van der Waals surface area contributed by atoms with Crippen LogP contribution in [0.5, 0.6) is 0 Å². The molecule has 1 atom stereocenters. The van der Waals surface area contributed by atoms with E-state index >= 15 is 0 Å². The fourth-order valence-electron chi connectivity index (χ4n) is 1.30. The van der Waals surface area contributed by atoms with Crippen LogP contribution in [0.3, 0.4) is 0 Å².